The standard InChI is InChI=1S/C22H18N2OS/c1-15-14-18(17-10-5-6-11-19(17)23-15)22(25)24-21(20-12-7-13-26-20)16-8-3-2-4-9-16/h2-14,21H,1H3,(H,24,25)/t21-/m1/s1. The van der Waals surface area contributed by atoms with Crippen LogP contribution in [0.3, 0.4) is 0 Å². The number of aryl methyl sites for hydroxylation is 1. The van der Waals surface area contributed by atoms with Crippen LogP contribution in [0.15, 0.2) is 78.2 Å². The molecule has 0 saturated heterocycles. The molecule has 0 radical (unpaired) electrons. The van der Waals surface area contributed by atoms with Crippen LogP contribution in [-0.2, 0) is 0 Å². The zero-order valence-corrected chi connectivity index (χ0v) is 15.2. The number of amides is 1. The zero-order valence-electron chi connectivity index (χ0n) is 14.3. The number of aromatic nitrogens is 1. The van der Waals surface area contributed by atoms with Gasteiger partial charge in [-0.05, 0) is 36.1 Å². The van der Waals surface area contributed by atoms with Crippen LogP contribution in [0.2, 0.25) is 0 Å². The third-order valence-corrected chi connectivity index (χ3v) is 5.26. The monoisotopic (exact) mass is 358 g/mol. The summed E-state index contributed by atoms with van der Waals surface area (Å²) >= 11 is 1.64. The fourth-order valence-electron chi connectivity index (χ4n) is 3.12. The molecule has 2 aromatic carbocycles. The van der Waals surface area contributed by atoms with Crippen molar-refractivity contribution in [3.63, 3.8) is 0 Å². The summed E-state index contributed by atoms with van der Waals surface area (Å²) in [6, 6.07) is 23.6. The Balaban J connectivity index is 1.74. The van der Waals surface area contributed by atoms with Crippen LogP contribution in [0.1, 0.15) is 32.5 Å². The Hall–Kier alpha value is -2.98. The number of benzene rings is 2. The summed E-state index contributed by atoms with van der Waals surface area (Å²) in [4.78, 5) is 18.8. The van der Waals surface area contributed by atoms with Crippen molar-refractivity contribution in [1.29, 1.82) is 0 Å². The Morgan fingerprint density at radius 2 is 1.77 bits per heavy atom. The molecule has 0 aliphatic rings. The van der Waals surface area contributed by atoms with Crippen LogP contribution in [0.4, 0.5) is 0 Å². The molecule has 4 rings (SSSR count). The first kappa shape index (κ1) is 16.5. The topological polar surface area (TPSA) is 42.0 Å². The molecule has 2 aromatic heterocycles. The third-order valence-electron chi connectivity index (χ3n) is 4.32. The molecule has 26 heavy (non-hydrogen) atoms. The number of pyridine rings is 1. The maximum Gasteiger partial charge on any atom is 0.252 e. The number of nitrogens with zero attached hydrogens (tertiary/aromatic N) is 1. The Labute approximate surface area is 156 Å². The first-order valence-electron chi connectivity index (χ1n) is 8.48. The molecule has 4 heteroatoms. The summed E-state index contributed by atoms with van der Waals surface area (Å²) in [5.41, 5.74) is 3.40. The highest BCUT2D eigenvalue weighted by Gasteiger charge is 2.20. The second kappa shape index (κ2) is 7.10. The van der Waals surface area contributed by atoms with Crippen molar-refractivity contribution in [2.24, 2.45) is 0 Å². The molecule has 0 bridgehead atoms. The van der Waals surface area contributed by atoms with Gasteiger partial charge < -0.3 is 5.32 Å². The summed E-state index contributed by atoms with van der Waals surface area (Å²) in [5, 5.41) is 6.12. The molecule has 2 heterocycles. The van der Waals surface area contributed by atoms with Gasteiger partial charge in [0.25, 0.3) is 5.91 Å². The quantitative estimate of drug-likeness (QED) is 0.550. The first-order chi connectivity index (χ1) is 12.7. The average Bonchev–Trinajstić information content (AvgIpc) is 3.20. The van der Waals surface area contributed by atoms with E-state index in [4.69, 9.17) is 0 Å². The van der Waals surface area contributed by atoms with Gasteiger partial charge in [0, 0.05) is 16.0 Å². The Morgan fingerprint density at radius 1 is 1.00 bits per heavy atom. The van der Waals surface area contributed by atoms with Crippen LogP contribution in [0.25, 0.3) is 10.9 Å². The SMILES string of the molecule is Cc1cc(C(=O)N[C@H](c2ccccc2)c2cccs2)c2ccccc2n1. The van der Waals surface area contributed by atoms with Gasteiger partial charge in [0.05, 0.1) is 17.1 Å². The van der Waals surface area contributed by atoms with Crippen molar-refractivity contribution in [2.75, 3.05) is 0 Å². The second-order valence-corrected chi connectivity index (χ2v) is 7.14. The van der Waals surface area contributed by atoms with E-state index in [9.17, 15) is 4.79 Å². The number of thiophene rings is 1. The van der Waals surface area contributed by atoms with Gasteiger partial charge in [-0.1, -0.05) is 54.6 Å². The molecular formula is C22H18N2OS. The Bertz CT molecular complexity index is 1040. The number of carbonyl (C=O) groups excluding carboxylic acids is 1. The summed E-state index contributed by atoms with van der Waals surface area (Å²) in [6.45, 7) is 1.91. The Morgan fingerprint density at radius 3 is 2.54 bits per heavy atom. The van der Waals surface area contributed by atoms with Gasteiger partial charge in [0.15, 0.2) is 0 Å². The number of para-hydroxylation sites is 1. The maximum absolute atomic E-state index is 13.2. The number of fused-ring (bicyclic) bond motifs is 1. The molecule has 3 nitrogen and oxygen atoms in total. The number of rotatable bonds is 4. The van der Waals surface area contributed by atoms with Crippen LogP contribution >= 0.6 is 11.3 Å². The van der Waals surface area contributed by atoms with Crippen LogP contribution in [0.5, 0.6) is 0 Å². The Kier molecular flexibility index (Phi) is 4.50. The number of nitrogens with one attached hydrogen (secondary N) is 1. The highest BCUT2D eigenvalue weighted by atomic mass is 32.1. The maximum atomic E-state index is 13.2. The lowest BCUT2D eigenvalue weighted by Gasteiger charge is -2.19. The molecule has 4 aromatic rings. The van der Waals surface area contributed by atoms with Gasteiger partial charge in [-0.25, -0.2) is 0 Å². The summed E-state index contributed by atoms with van der Waals surface area (Å²) in [7, 11) is 0. The van der Waals surface area contributed by atoms with Crippen LogP contribution < -0.4 is 5.32 Å². The van der Waals surface area contributed by atoms with E-state index in [0.717, 1.165) is 27.0 Å². The average molecular weight is 358 g/mol. The van der Waals surface area contributed by atoms with Crippen LogP contribution in [-0.4, -0.2) is 10.9 Å². The van der Waals surface area contributed by atoms with Gasteiger partial charge in [-0.3, -0.25) is 9.78 Å². The molecule has 0 aliphatic carbocycles. The zero-order chi connectivity index (χ0) is 17.9. The molecule has 1 atom stereocenters. The van der Waals surface area contributed by atoms with E-state index < -0.39 is 0 Å². The van der Waals surface area contributed by atoms with E-state index in [1.165, 1.54) is 0 Å². The van der Waals surface area contributed by atoms with Crippen molar-refractivity contribution >= 4 is 28.1 Å². The number of hydrogen-bond acceptors (Lipinski definition) is 3. The molecule has 1 amide bonds. The molecule has 0 saturated carbocycles. The lowest BCUT2D eigenvalue weighted by Crippen LogP contribution is -2.29. The highest BCUT2D eigenvalue weighted by molar-refractivity contribution is 7.10. The van der Waals surface area contributed by atoms with Gasteiger partial charge in [-0.15, -0.1) is 11.3 Å². The number of carbonyl (C=O) groups is 1. The molecule has 1 N–H and O–H groups in total. The minimum absolute atomic E-state index is 0.0889. The van der Waals surface area contributed by atoms with E-state index in [0.29, 0.717) is 5.56 Å². The lowest BCUT2D eigenvalue weighted by atomic mass is 10.0. The summed E-state index contributed by atoms with van der Waals surface area (Å²) < 4.78 is 0. The second-order valence-electron chi connectivity index (χ2n) is 6.16. The van der Waals surface area contributed by atoms with Crippen molar-refractivity contribution < 1.29 is 4.79 Å². The van der Waals surface area contributed by atoms with Gasteiger partial charge in [0.2, 0.25) is 0 Å². The molecule has 0 fully saturated rings. The fraction of sp³-hybridized carbons (Fsp3) is 0.0909. The van der Waals surface area contributed by atoms with E-state index >= 15 is 0 Å². The predicted octanol–water partition coefficient (Wildman–Crippen LogP) is 5.12. The summed E-state index contributed by atoms with van der Waals surface area (Å²) in [6.07, 6.45) is 0. The number of hydrogen-bond donors (Lipinski definition) is 1. The van der Waals surface area contributed by atoms with Crippen molar-refractivity contribution in [1.82, 2.24) is 10.3 Å². The third kappa shape index (κ3) is 3.24. The van der Waals surface area contributed by atoms with Crippen LogP contribution in [0, 0.1) is 6.92 Å². The highest BCUT2D eigenvalue weighted by Crippen LogP contribution is 2.27. The molecule has 128 valence electrons. The largest absolute Gasteiger partial charge is 0.340 e. The normalized spacial score (nSPS) is 12.0. The minimum atomic E-state index is -0.170. The molecule has 0 aliphatic heterocycles. The first-order valence-corrected chi connectivity index (χ1v) is 9.36. The van der Waals surface area contributed by atoms with Crippen molar-refractivity contribution in [3.05, 3.63) is 99.9 Å². The van der Waals surface area contributed by atoms with Gasteiger partial charge in [-0.2, -0.15) is 0 Å². The summed E-state index contributed by atoms with van der Waals surface area (Å²) in [5.74, 6) is -0.0889. The minimum Gasteiger partial charge on any atom is -0.340 e. The van der Waals surface area contributed by atoms with E-state index in [-0.39, 0.29) is 11.9 Å². The van der Waals surface area contributed by atoms with E-state index in [2.05, 4.69) is 16.4 Å². The van der Waals surface area contributed by atoms with Gasteiger partial charge >= 0.3 is 0 Å². The fourth-order valence-corrected chi connectivity index (χ4v) is 3.93. The van der Waals surface area contributed by atoms with E-state index in [1.54, 1.807) is 11.3 Å². The van der Waals surface area contributed by atoms with Crippen molar-refractivity contribution in [2.45, 2.75) is 13.0 Å². The smallest absolute Gasteiger partial charge is 0.252 e. The van der Waals surface area contributed by atoms with Crippen molar-refractivity contribution in [3.8, 4) is 0 Å². The van der Waals surface area contributed by atoms with E-state index in [1.807, 2.05) is 79.0 Å². The van der Waals surface area contributed by atoms with Gasteiger partial charge in [0.1, 0.15) is 0 Å². The lowest BCUT2D eigenvalue weighted by molar-refractivity contribution is 0.0945. The molecule has 0 unspecified atom stereocenters. The molecular weight excluding hydrogens is 340 g/mol. The molecule has 0 spiro atoms. The predicted molar refractivity (Wildman–Crippen MR) is 107 cm³/mol.